The Morgan fingerprint density at radius 2 is 2.10 bits per heavy atom. The van der Waals surface area contributed by atoms with Gasteiger partial charge in [0.05, 0.1) is 11.0 Å². The molecule has 2 N–H and O–H groups in total. The number of carbonyl (C=O) groups is 1. The molecular formula is C14H18N2O3S. The summed E-state index contributed by atoms with van der Waals surface area (Å²) in [5, 5.41) is 9.03. The van der Waals surface area contributed by atoms with E-state index in [1.54, 1.807) is 18.4 Å². The second-order valence-electron chi connectivity index (χ2n) is 5.12. The van der Waals surface area contributed by atoms with E-state index >= 15 is 0 Å². The predicted octanol–water partition coefficient (Wildman–Crippen LogP) is 2.32. The number of aryl methyl sites for hydroxylation is 1. The monoisotopic (exact) mass is 294 g/mol. The molecule has 2 aromatic rings. The van der Waals surface area contributed by atoms with E-state index in [1.165, 1.54) is 11.8 Å². The van der Waals surface area contributed by atoms with Gasteiger partial charge in [-0.25, -0.2) is 4.79 Å². The Hall–Kier alpha value is -1.69. The number of thioether (sulfide) groups is 1. The zero-order valence-electron chi connectivity index (χ0n) is 11.5. The first-order valence-electron chi connectivity index (χ1n) is 6.47. The lowest BCUT2D eigenvalue weighted by Crippen LogP contribution is -2.27. The van der Waals surface area contributed by atoms with E-state index in [2.05, 4.69) is 4.98 Å². The van der Waals surface area contributed by atoms with Gasteiger partial charge in [-0.1, -0.05) is 12.1 Å². The van der Waals surface area contributed by atoms with E-state index in [9.17, 15) is 9.59 Å². The summed E-state index contributed by atoms with van der Waals surface area (Å²) in [6.45, 7) is 3.97. The first-order chi connectivity index (χ1) is 9.42. The molecule has 6 heteroatoms. The molecule has 0 amide bonds. The van der Waals surface area contributed by atoms with Crippen molar-refractivity contribution in [3.63, 3.8) is 0 Å². The fourth-order valence-corrected chi connectivity index (χ4v) is 2.85. The highest BCUT2D eigenvalue weighted by molar-refractivity contribution is 8.01. The van der Waals surface area contributed by atoms with Gasteiger partial charge in [-0.15, -0.1) is 11.8 Å². The Labute approximate surface area is 121 Å². The zero-order chi connectivity index (χ0) is 14.8. The molecule has 20 heavy (non-hydrogen) atoms. The van der Waals surface area contributed by atoms with Crippen molar-refractivity contribution in [1.82, 2.24) is 9.55 Å². The third-order valence-electron chi connectivity index (χ3n) is 3.19. The molecule has 2 rings (SSSR count). The Balaban J connectivity index is 1.99. The number of fused-ring (bicyclic) bond motifs is 1. The summed E-state index contributed by atoms with van der Waals surface area (Å²) in [7, 11) is 0. The van der Waals surface area contributed by atoms with E-state index in [1.807, 2.05) is 24.3 Å². The molecule has 0 aliphatic carbocycles. The molecule has 1 aromatic carbocycles. The van der Waals surface area contributed by atoms with E-state index in [0.717, 1.165) is 17.5 Å². The maximum absolute atomic E-state index is 11.8. The van der Waals surface area contributed by atoms with Gasteiger partial charge in [0, 0.05) is 6.54 Å². The molecule has 0 radical (unpaired) electrons. The molecule has 0 fully saturated rings. The summed E-state index contributed by atoms with van der Waals surface area (Å²) in [5.41, 5.74) is 1.60. The topological polar surface area (TPSA) is 75.1 Å². The standard InChI is InChI=1S/C14H18N2O3S/c1-14(2,12(17)18)20-9-5-8-16-11-7-4-3-6-10(11)15-13(16)19/h3-4,6-7H,5,8-9H2,1-2H3,(H,15,19)(H,17,18). The Kier molecular flexibility index (Phi) is 4.23. The average molecular weight is 294 g/mol. The molecule has 0 saturated heterocycles. The van der Waals surface area contributed by atoms with E-state index in [0.29, 0.717) is 12.3 Å². The number of aliphatic carboxylic acids is 1. The number of carboxylic acids is 1. The van der Waals surface area contributed by atoms with Gasteiger partial charge < -0.3 is 10.1 Å². The van der Waals surface area contributed by atoms with Gasteiger partial charge in [0.2, 0.25) is 0 Å². The highest BCUT2D eigenvalue weighted by Crippen LogP contribution is 2.25. The maximum Gasteiger partial charge on any atom is 0.326 e. The molecule has 108 valence electrons. The lowest BCUT2D eigenvalue weighted by Gasteiger charge is -2.18. The lowest BCUT2D eigenvalue weighted by atomic mass is 10.2. The number of nitrogens with zero attached hydrogens (tertiary/aromatic N) is 1. The highest BCUT2D eigenvalue weighted by Gasteiger charge is 2.26. The third kappa shape index (κ3) is 3.07. The number of hydrogen-bond donors (Lipinski definition) is 2. The van der Waals surface area contributed by atoms with Crippen LogP contribution in [0.5, 0.6) is 0 Å². The number of aromatic amines is 1. The Morgan fingerprint density at radius 1 is 1.40 bits per heavy atom. The van der Waals surface area contributed by atoms with Crippen molar-refractivity contribution < 1.29 is 9.90 Å². The smallest absolute Gasteiger partial charge is 0.326 e. The minimum Gasteiger partial charge on any atom is -0.480 e. The summed E-state index contributed by atoms with van der Waals surface area (Å²) < 4.78 is 0.912. The molecular weight excluding hydrogens is 276 g/mol. The molecule has 0 saturated carbocycles. The second-order valence-corrected chi connectivity index (χ2v) is 6.83. The van der Waals surface area contributed by atoms with E-state index in [-0.39, 0.29) is 5.69 Å². The molecule has 0 bridgehead atoms. The first-order valence-corrected chi connectivity index (χ1v) is 7.45. The summed E-state index contributed by atoms with van der Waals surface area (Å²) in [4.78, 5) is 25.6. The van der Waals surface area contributed by atoms with Gasteiger partial charge in [-0.2, -0.15) is 0 Å². The SMILES string of the molecule is CC(C)(SCCCn1c(=O)[nH]c2ccccc21)C(=O)O. The molecule has 0 unspecified atom stereocenters. The van der Waals surface area contributed by atoms with Crippen LogP contribution in [0, 0.1) is 0 Å². The number of para-hydroxylation sites is 2. The number of imidazole rings is 1. The van der Waals surface area contributed by atoms with Crippen LogP contribution in [0.15, 0.2) is 29.1 Å². The van der Waals surface area contributed by atoms with Crippen molar-refractivity contribution in [2.45, 2.75) is 31.6 Å². The van der Waals surface area contributed by atoms with Gasteiger partial charge in [-0.3, -0.25) is 9.36 Å². The predicted molar refractivity (Wildman–Crippen MR) is 81.3 cm³/mol. The number of nitrogens with one attached hydrogen (secondary N) is 1. The van der Waals surface area contributed by atoms with Gasteiger partial charge in [0.1, 0.15) is 4.75 Å². The molecule has 0 spiro atoms. The van der Waals surface area contributed by atoms with Gasteiger partial charge in [0.25, 0.3) is 0 Å². The number of aromatic nitrogens is 2. The lowest BCUT2D eigenvalue weighted by molar-refractivity contribution is -0.138. The number of rotatable bonds is 6. The van der Waals surface area contributed by atoms with E-state index < -0.39 is 10.7 Å². The second kappa shape index (κ2) is 5.75. The number of benzene rings is 1. The van der Waals surface area contributed by atoms with Crippen LogP contribution in [0.25, 0.3) is 11.0 Å². The van der Waals surface area contributed by atoms with Crippen LogP contribution in [0.4, 0.5) is 0 Å². The minimum absolute atomic E-state index is 0.117. The fourth-order valence-electron chi connectivity index (χ4n) is 1.94. The summed E-state index contributed by atoms with van der Waals surface area (Å²) in [6.07, 6.45) is 0.753. The van der Waals surface area contributed by atoms with Crippen molar-refractivity contribution in [3.05, 3.63) is 34.7 Å². The number of hydrogen-bond acceptors (Lipinski definition) is 3. The van der Waals surface area contributed by atoms with Gasteiger partial charge in [-0.05, 0) is 38.2 Å². The molecule has 1 heterocycles. The highest BCUT2D eigenvalue weighted by atomic mass is 32.2. The average Bonchev–Trinajstić information content (AvgIpc) is 2.70. The molecule has 0 aliphatic heterocycles. The van der Waals surface area contributed by atoms with Crippen LogP contribution >= 0.6 is 11.8 Å². The fraction of sp³-hybridized carbons (Fsp3) is 0.429. The third-order valence-corrected chi connectivity index (χ3v) is 4.57. The van der Waals surface area contributed by atoms with Crippen molar-refractivity contribution in [1.29, 1.82) is 0 Å². The van der Waals surface area contributed by atoms with Crippen LogP contribution < -0.4 is 5.69 Å². The molecule has 5 nitrogen and oxygen atoms in total. The van der Waals surface area contributed by atoms with Crippen LogP contribution in [0.2, 0.25) is 0 Å². The van der Waals surface area contributed by atoms with Gasteiger partial charge in [0.15, 0.2) is 0 Å². The van der Waals surface area contributed by atoms with Crippen LogP contribution in [-0.2, 0) is 11.3 Å². The van der Waals surface area contributed by atoms with Crippen molar-refractivity contribution in [2.75, 3.05) is 5.75 Å². The summed E-state index contributed by atoms with van der Waals surface area (Å²) >= 11 is 1.39. The summed E-state index contributed by atoms with van der Waals surface area (Å²) in [6, 6.07) is 7.55. The van der Waals surface area contributed by atoms with Crippen molar-refractivity contribution in [2.24, 2.45) is 0 Å². The number of carboxylic acid groups (broad SMARTS) is 1. The normalized spacial score (nSPS) is 11.9. The quantitative estimate of drug-likeness (QED) is 0.802. The minimum atomic E-state index is -0.813. The maximum atomic E-state index is 11.8. The van der Waals surface area contributed by atoms with Crippen molar-refractivity contribution >= 4 is 28.8 Å². The van der Waals surface area contributed by atoms with Crippen LogP contribution in [0.1, 0.15) is 20.3 Å². The van der Waals surface area contributed by atoms with Gasteiger partial charge >= 0.3 is 11.7 Å². The summed E-state index contributed by atoms with van der Waals surface area (Å²) in [5.74, 6) is -0.114. The number of H-pyrrole nitrogens is 1. The zero-order valence-corrected chi connectivity index (χ0v) is 12.4. The van der Waals surface area contributed by atoms with Crippen LogP contribution in [-0.4, -0.2) is 31.1 Å². The van der Waals surface area contributed by atoms with E-state index in [4.69, 9.17) is 5.11 Å². The molecule has 1 aromatic heterocycles. The Morgan fingerprint density at radius 3 is 2.80 bits per heavy atom. The van der Waals surface area contributed by atoms with Crippen LogP contribution in [0.3, 0.4) is 0 Å². The largest absolute Gasteiger partial charge is 0.480 e. The first kappa shape index (κ1) is 14.7. The Bertz CT molecular complexity index is 672. The van der Waals surface area contributed by atoms with Crippen molar-refractivity contribution in [3.8, 4) is 0 Å². The molecule has 0 aliphatic rings. The molecule has 0 atom stereocenters.